The van der Waals surface area contributed by atoms with Crippen LogP contribution in [0.5, 0.6) is 0 Å². The Kier molecular flexibility index (Phi) is 3.71. The fraction of sp³-hybridized carbons (Fsp3) is 0.0667. The van der Waals surface area contributed by atoms with Gasteiger partial charge in [-0.25, -0.2) is 4.98 Å². The Morgan fingerprint density at radius 1 is 1.20 bits per heavy atom. The van der Waals surface area contributed by atoms with Gasteiger partial charge in [0, 0.05) is 17.1 Å². The van der Waals surface area contributed by atoms with Crippen molar-refractivity contribution in [1.82, 2.24) is 4.98 Å². The van der Waals surface area contributed by atoms with E-state index in [2.05, 4.69) is 4.98 Å². The van der Waals surface area contributed by atoms with Crippen LogP contribution in [-0.2, 0) is 0 Å². The van der Waals surface area contributed by atoms with E-state index in [4.69, 9.17) is 4.42 Å². The lowest BCUT2D eigenvalue weighted by atomic mass is 10.1. The van der Waals surface area contributed by atoms with Crippen molar-refractivity contribution in [2.75, 3.05) is 0 Å². The lowest BCUT2D eigenvalue weighted by Gasteiger charge is -1.98. The van der Waals surface area contributed by atoms with Gasteiger partial charge < -0.3 is 4.42 Å². The summed E-state index contributed by atoms with van der Waals surface area (Å²) in [6.45, 7) is 2.03. The van der Waals surface area contributed by atoms with E-state index in [1.165, 1.54) is 16.9 Å². The highest BCUT2D eigenvalue weighted by atomic mass is 32.2. The zero-order valence-corrected chi connectivity index (χ0v) is 12.3. The molecule has 3 nitrogen and oxygen atoms in total. The minimum absolute atomic E-state index is 0.127. The lowest BCUT2D eigenvalue weighted by Crippen LogP contribution is -1.89. The van der Waals surface area contributed by atoms with Crippen LogP contribution in [0.2, 0.25) is 0 Å². The SMILES string of the molecule is Cc1ccc(-c2ccc(C(=O)Sc3nccs3)o2)cc1. The summed E-state index contributed by atoms with van der Waals surface area (Å²) in [6.07, 6.45) is 1.68. The Labute approximate surface area is 124 Å². The van der Waals surface area contributed by atoms with E-state index >= 15 is 0 Å². The zero-order chi connectivity index (χ0) is 13.9. The highest BCUT2D eigenvalue weighted by Gasteiger charge is 2.15. The number of hydrogen-bond donors (Lipinski definition) is 0. The first kappa shape index (κ1) is 13.1. The molecule has 0 N–H and O–H groups in total. The normalized spacial score (nSPS) is 10.7. The third-order valence-corrected chi connectivity index (χ3v) is 4.50. The summed E-state index contributed by atoms with van der Waals surface area (Å²) < 4.78 is 6.35. The topological polar surface area (TPSA) is 43.1 Å². The van der Waals surface area contributed by atoms with E-state index in [0.717, 1.165) is 21.7 Å². The summed E-state index contributed by atoms with van der Waals surface area (Å²) in [5, 5.41) is 1.72. The van der Waals surface area contributed by atoms with Crippen molar-refractivity contribution in [2.24, 2.45) is 0 Å². The van der Waals surface area contributed by atoms with Gasteiger partial charge >= 0.3 is 0 Å². The second-order valence-corrected chi connectivity index (χ2v) is 6.33. The van der Waals surface area contributed by atoms with E-state index in [0.29, 0.717) is 11.5 Å². The van der Waals surface area contributed by atoms with E-state index in [9.17, 15) is 4.79 Å². The maximum absolute atomic E-state index is 12.0. The standard InChI is InChI=1S/C15H11NO2S2/c1-10-2-4-11(5-3-10)12-6-7-13(18-12)14(17)20-15-16-8-9-19-15/h2-9H,1H3. The van der Waals surface area contributed by atoms with Crippen LogP contribution in [0.1, 0.15) is 16.1 Å². The number of benzene rings is 1. The van der Waals surface area contributed by atoms with E-state index < -0.39 is 0 Å². The van der Waals surface area contributed by atoms with Crippen molar-refractivity contribution in [1.29, 1.82) is 0 Å². The van der Waals surface area contributed by atoms with Crippen LogP contribution in [0.15, 0.2) is 56.7 Å². The number of aryl methyl sites for hydroxylation is 1. The number of aromatic nitrogens is 1. The van der Waals surface area contributed by atoms with Crippen LogP contribution in [0.4, 0.5) is 0 Å². The molecule has 0 aliphatic rings. The van der Waals surface area contributed by atoms with Gasteiger partial charge in [-0.2, -0.15) is 0 Å². The minimum Gasteiger partial charge on any atom is -0.452 e. The van der Waals surface area contributed by atoms with Crippen molar-refractivity contribution >= 4 is 28.2 Å². The van der Waals surface area contributed by atoms with Crippen LogP contribution in [0.3, 0.4) is 0 Å². The number of nitrogens with zero attached hydrogens (tertiary/aromatic N) is 1. The molecule has 0 saturated heterocycles. The van der Waals surface area contributed by atoms with Crippen LogP contribution in [0, 0.1) is 6.92 Å². The summed E-state index contributed by atoms with van der Waals surface area (Å²) in [6, 6.07) is 11.5. The molecule has 0 unspecified atom stereocenters. The Morgan fingerprint density at radius 2 is 2.00 bits per heavy atom. The molecule has 100 valence electrons. The van der Waals surface area contributed by atoms with Gasteiger partial charge in [-0.3, -0.25) is 4.79 Å². The minimum atomic E-state index is -0.127. The van der Waals surface area contributed by atoms with E-state index in [-0.39, 0.29) is 5.12 Å². The average Bonchev–Trinajstić information content (AvgIpc) is 3.10. The van der Waals surface area contributed by atoms with Crippen molar-refractivity contribution in [2.45, 2.75) is 11.3 Å². The molecule has 0 radical (unpaired) electrons. The van der Waals surface area contributed by atoms with E-state index in [1.54, 1.807) is 12.3 Å². The van der Waals surface area contributed by atoms with Gasteiger partial charge in [-0.1, -0.05) is 29.8 Å². The molecule has 1 aromatic carbocycles. The molecule has 5 heteroatoms. The van der Waals surface area contributed by atoms with Gasteiger partial charge in [0.1, 0.15) is 5.76 Å². The second-order valence-electron chi connectivity index (χ2n) is 4.22. The highest BCUT2D eigenvalue weighted by molar-refractivity contribution is 8.15. The third kappa shape index (κ3) is 2.84. The van der Waals surface area contributed by atoms with Crippen molar-refractivity contribution in [3.05, 3.63) is 59.3 Å². The van der Waals surface area contributed by atoms with Crippen LogP contribution in [-0.4, -0.2) is 10.1 Å². The second kappa shape index (κ2) is 5.64. The number of carbonyl (C=O) groups is 1. The predicted octanol–water partition coefficient (Wildman–Crippen LogP) is 4.64. The molecular formula is C15H11NO2S2. The number of rotatable bonds is 3. The molecule has 2 heterocycles. The van der Waals surface area contributed by atoms with Crippen LogP contribution in [0.25, 0.3) is 11.3 Å². The first-order valence-corrected chi connectivity index (χ1v) is 7.70. The lowest BCUT2D eigenvalue weighted by molar-refractivity contribution is 0.106. The molecule has 0 saturated carbocycles. The van der Waals surface area contributed by atoms with Gasteiger partial charge in [0.25, 0.3) is 5.12 Å². The van der Waals surface area contributed by atoms with Crippen LogP contribution < -0.4 is 0 Å². The molecule has 3 aromatic rings. The first-order valence-electron chi connectivity index (χ1n) is 6.01. The maximum atomic E-state index is 12.0. The first-order chi connectivity index (χ1) is 9.72. The van der Waals surface area contributed by atoms with Gasteiger partial charge in [0.2, 0.25) is 0 Å². The fourth-order valence-corrected chi connectivity index (χ4v) is 3.14. The van der Waals surface area contributed by atoms with Crippen molar-refractivity contribution in [3.8, 4) is 11.3 Å². The molecule has 0 bridgehead atoms. The predicted molar refractivity (Wildman–Crippen MR) is 81.2 cm³/mol. The molecule has 0 spiro atoms. The number of furan rings is 1. The summed E-state index contributed by atoms with van der Waals surface area (Å²) in [7, 11) is 0. The number of thioether (sulfide) groups is 1. The smallest absolute Gasteiger partial charge is 0.261 e. The monoisotopic (exact) mass is 301 g/mol. The molecule has 20 heavy (non-hydrogen) atoms. The Balaban J connectivity index is 1.79. The molecule has 0 amide bonds. The van der Waals surface area contributed by atoms with E-state index in [1.807, 2.05) is 42.6 Å². The molecule has 0 atom stereocenters. The highest BCUT2D eigenvalue weighted by Crippen LogP contribution is 2.28. The number of carbonyl (C=O) groups excluding carboxylic acids is 1. The average molecular weight is 301 g/mol. The van der Waals surface area contributed by atoms with Crippen LogP contribution >= 0.6 is 23.1 Å². The Bertz CT molecular complexity index is 715. The zero-order valence-electron chi connectivity index (χ0n) is 10.7. The molecular weight excluding hydrogens is 290 g/mol. The summed E-state index contributed by atoms with van der Waals surface area (Å²) in [5.41, 5.74) is 2.16. The van der Waals surface area contributed by atoms with Crippen molar-refractivity contribution in [3.63, 3.8) is 0 Å². The van der Waals surface area contributed by atoms with Gasteiger partial charge in [-0.05, 0) is 30.8 Å². The fourth-order valence-electron chi connectivity index (χ4n) is 1.71. The summed E-state index contributed by atoms with van der Waals surface area (Å²) in [5.74, 6) is 1.05. The number of thiazole rings is 1. The molecule has 0 aliphatic heterocycles. The largest absolute Gasteiger partial charge is 0.452 e. The molecule has 0 aliphatic carbocycles. The third-order valence-electron chi connectivity index (χ3n) is 2.73. The molecule has 3 rings (SSSR count). The van der Waals surface area contributed by atoms with Gasteiger partial charge in [0.15, 0.2) is 10.1 Å². The summed E-state index contributed by atoms with van der Waals surface area (Å²) >= 11 is 2.53. The van der Waals surface area contributed by atoms with Gasteiger partial charge in [0.05, 0.1) is 0 Å². The quantitative estimate of drug-likeness (QED) is 0.661. The Morgan fingerprint density at radius 3 is 2.70 bits per heavy atom. The van der Waals surface area contributed by atoms with Crippen molar-refractivity contribution < 1.29 is 9.21 Å². The molecule has 2 aromatic heterocycles. The Hall–Kier alpha value is -1.85. The summed E-state index contributed by atoms with van der Waals surface area (Å²) in [4.78, 5) is 16.1. The maximum Gasteiger partial charge on any atom is 0.261 e. The number of hydrogen-bond acceptors (Lipinski definition) is 5. The molecule has 0 fully saturated rings. The van der Waals surface area contributed by atoms with Gasteiger partial charge in [-0.15, -0.1) is 11.3 Å².